The van der Waals surface area contributed by atoms with Crippen LogP contribution in [-0.2, 0) is 0 Å². The topological polar surface area (TPSA) is 102 Å². The predicted octanol–water partition coefficient (Wildman–Crippen LogP) is 0.0659. The Bertz CT molecular complexity index is 1140. The molecule has 0 bridgehead atoms. The fourth-order valence-electron chi connectivity index (χ4n) is 2.51. The van der Waals surface area contributed by atoms with Gasteiger partial charge in [-0.25, -0.2) is 10.1 Å². The molecular formula is C19H19Br2N9S. The van der Waals surface area contributed by atoms with Crippen molar-refractivity contribution in [2.24, 2.45) is 0 Å². The number of aryl methyl sites for hydroxylation is 2. The number of aromatic amines is 1. The molecule has 3 aromatic heterocycles. The van der Waals surface area contributed by atoms with Crippen LogP contribution in [0.3, 0.4) is 0 Å². The van der Waals surface area contributed by atoms with E-state index in [1.165, 1.54) is 11.2 Å². The Morgan fingerprint density at radius 3 is 2.16 bits per heavy atom. The Morgan fingerprint density at radius 2 is 1.65 bits per heavy atom. The van der Waals surface area contributed by atoms with Gasteiger partial charge in [-0.15, -0.1) is 22.1 Å². The maximum absolute atomic E-state index is 4.70. The molecule has 5 rings (SSSR count). The van der Waals surface area contributed by atoms with Crippen molar-refractivity contribution in [2.75, 3.05) is 0 Å². The van der Waals surface area contributed by atoms with Gasteiger partial charge >= 0.3 is 5.82 Å². The van der Waals surface area contributed by atoms with Crippen molar-refractivity contribution >= 4 is 28.3 Å². The van der Waals surface area contributed by atoms with Crippen molar-refractivity contribution < 1.29 is 21.8 Å². The van der Waals surface area contributed by atoms with E-state index < -0.39 is 0 Å². The minimum absolute atomic E-state index is 0. The lowest BCUT2D eigenvalue weighted by Gasteiger charge is -1.95. The highest BCUT2D eigenvalue weighted by molar-refractivity contribution is 8.93. The summed E-state index contributed by atoms with van der Waals surface area (Å²) in [5.41, 5.74) is 2.94. The summed E-state index contributed by atoms with van der Waals surface area (Å²) in [6.45, 7) is 4.08. The Morgan fingerprint density at radius 1 is 0.968 bits per heavy atom. The minimum Gasteiger partial charge on any atom is -1.00 e. The molecule has 0 amide bonds. The molecule has 1 N–H and O–H groups in total. The first-order chi connectivity index (χ1) is 14.2. The summed E-state index contributed by atoms with van der Waals surface area (Å²) < 4.78 is 0. The molecular weight excluding hydrogens is 546 g/mol. The molecule has 0 fully saturated rings. The molecule has 2 aromatic carbocycles. The third-order valence-corrected chi connectivity index (χ3v) is 5.07. The molecule has 31 heavy (non-hydrogen) atoms. The third kappa shape index (κ3) is 5.87. The zero-order chi connectivity index (χ0) is 20.1. The van der Waals surface area contributed by atoms with E-state index in [9.17, 15) is 0 Å². The molecule has 0 unspecified atom stereocenters. The highest BCUT2D eigenvalue weighted by atomic mass is 79.9. The second-order valence-electron chi connectivity index (χ2n) is 6.01. The van der Waals surface area contributed by atoms with E-state index in [1.807, 2.05) is 67.6 Å². The van der Waals surface area contributed by atoms with Gasteiger partial charge in [0.15, 0.2) is 5.69 Å². The van der Waals surface area contributed by atoms with Crippen molar-refractivity contribution in [1.29, 1.82) is 0 Å². The Labute approximate surface area is 203 Å². The summed E-state index contributed by atoms with van der Waals surface area (Å²) in [4.78, 5) is 9.37. The standard InChI is InChI=1S/C18H16N5S.CH2N4.2BrH/c1-13-14(2)24-18(19-13)23-21-17(15-9-5-3-6-10-15)20-22(23)16-11-7-4-8-12-16;1-2-4-5-3-1;;/h3-12H,1-2H3;1H,(H,2,3,4,5);2*1H/q+1;;;/p-1. The van der Waals surface area contributed by atoms with Gasteiger partial charge in [0.1, 0.15) is 6.33 Å². The second kappa shape index (κ2) is 11.5. The summed E-state index contributed by atoms with van der Waals surface area (Å²) in [6, 6.07) is 20.0. The third-order valence-electron chi connectivity index (χ3n) is 4.04. The predicted molar refractivity (Wildman–Crippen MR) is 118 cm³/mol. The van der Waals surface area contributed by atoms with Crippen LogP contribution in [0.2, 0.25) is 0 Å². The number of nitrogens with zero attached hydrogens (tertiary/aromatic N) is 8. The zero-order valence-electron chi connectivity index (χ0n) is 16.6. The summed E-state index contributed by atoms with van der Waals surface area (Å²) >= 11 is 1.61. The summed E-state index contributed by atoms with van der Waals surface area (Å²) in [7, 11) is 0. The number of para-hydroxylation sites is 1. The van der Waals surface area contributed by atoms with Crippen LogP contribution >= 0.6 is 28.3 Å². The quantitative estimate of drug-likeness (QED) is 0.311. The highest BCUT2D eigenvalue weighted by Crippen LogP contribution is 2.20. The molecule has 0 radical (unpaired) electrons. The second-order valence-corrected chi connectivity index (χ2v) is 7.19. The smallest absolute Gasteiger partial charge is 0.340 e. The number of hydrogen-bond acceptors (Lipinski definition) is 7. The van der Waals surface area contributed by atoms with Crippen molar-refractivity contribution in [3.8, 4) is 22.2 Å². The van der Waals surface area contributed by atoms with Crippen molar-refractivity contribution in [2.45, 2.75) is 13.8 Å². The van der Waals surface area contributed by atoms with Gasteiger partial charge in [0.25, 0.3) is 5.13 Å². The normalized spacial score (nSPS) is 9.74. The Kier molecular flexibility index (Phi) is 9.09. The van der Waals surface area contributed by atoms with Gasteiger partial charge < -0.3 is 17.0 Å². The van der Waals surface area contributed by atoms with E-state index in [-0.39, 0.29) is 34.0 Å². The first-order valence-corrected chi connectivity index (χ1v) is 9.66. The molecule has 3 heterocycles. The van der Waals surface area contributed by atoms with Crippen LogP contribution in [0.25, 0.3) is 22.2 Å². The molecule has 0 atom stereocenters. The Balaban J connectivity index is 0.000000432. The number of thiazole rings is 1. The SMILES string of the molecule is Br.Cc1nc(-n2nc(-c3ccccc3)n[n+]2-c2ccccc2)sc1C.[Br-].c1nnn[nH]1. The lowest BCUT2D eigenvalue weighted by Crippen LogP contribution is -3.00. The number of halogens is 2. The van der Waals surface area contributed by atoms with Crippen LogP contribution in [0.4, 0.5) is 0 Å². The lowest BCUT2D eigenvalue weighted by atomic mass is 10.2. The Hall–Kier alpha value is -2.83. The van der Waals surface area contributed by atoms with E-state index >= 15 is 0 Å². The van der Waals surface area contributed by atoms with E-state index in [2.05, 4.69) is 32.5 Å². The number of rotatable bonds is 3. The first-order valence-electron chi connectivity index (χ1n) is 8.84. The maximum atomic E-state index is 4.70. The number of benzene rings is 2. The van der Waals surface area contributed by atoms with Crippen LogP contribution in [0.5, 0.6) is 0 Å². The molecule has 0 aliphatic carbocycles. The van der Waals surface area contributed by atoms with E-state index in [4.69, 9.17) is 10.2 Å². The van der Waals surface area contributed by atoms with Crippen LogP contribution in [-0.4, -0.2) is 40.6 Å². The van der Waals surface area contributed by atoms with Crippen LogP contribution in [0.1, 0.15) is 10.6 Å². The molecule has 160 valence electrons. The van der Waals surface area contributed by atoms with Gasteiger partial charge in [-0.2, -0.15) is 0 Å². The number of H-pyrrole nitrogens is 1. The summed E-state index contributed by atoms with van der Waals surface area (Å²) in [5, 5.41) is 22.3. The zero-order valence-corrected chi connectivity index (χ0v) is 20.7. The van der Waals surface area contributed by atoms with Gasteiger partial charge in [-0.1, -0.05) is 47.7 Å². The molecule has 0 spiro atoms. The van der Waals surface area contributed by atoms with Crippen LogP contribution in [0, 0.1) is 13.8 Å². The van der Waals surface area contributed by atoms with Crippen molar-refractivity contribution in [1.82, 2.24) is 40.6 Å². The molecule has 9 nitrogen and oxygen atoms in total. The molecule has 0 saturated carbocycles. The van der Waals surface area contributed by atoms with E-state index in [1.54, 1.807) is 20.9 Å². The largest absolute Gasteiger partial charge is 1.00 e. The molecule has 0 aliphatic rings. The van der Waals surface area contributed by atoms with Crippen LogP contribution in [0.15, 0.2) is 67.0 Å². The van der Waals surface area contributed by atoms with Crippen molar-refractivity contribution in [3.63, 3.8) is 0 Å². The maximum Gasteiger partial charge on any atom is 0.340 e. The molecule has 0 saturated heterocycles. The number of nitrogens with one attached hydrogen (secondary N) is 1. The average Bonchev–Trinajstić information content (AvgIpc) is 3.52. The number of tetrazole rings is 2. The van der Waals surface area contributed by atoms with Gasteiger partial charge in [0.05, 0.1) is 16.4 Å². The fourth-order valence-corrected chi connectivity index (χ4v) is 3.36. The lowest BCUT2D eigenvalue weighted by molar-refractivity contribution is -0.734. The average molecular weight is 565 g/mol. The monoisotopic (exact) mass is 563 g/mol. The first kappa shape index (κ1) is 24.4. The molecule has 12 heteroatoms. The van der Waals surface area contributed by atoms with Crippen LogP contribution < -0.4 is 21.8 Å². The molecule has 5 aromatic rings. The summed E-state index contributed by atoms with van der Waals surface area (Å²) in [6.07, 6.45) is 1.40. The van der Waals surface area contributed by atoms with Gasteiger partial charge in [0.2, 0.25) is 0 Å². The van der Waals surface area contributed by atoms with Gasteiger partial charge in [-0.05, 0) is 58.4 Å². The molecule has 0 aliphatic heterocycles. The van der Waals surface area contributed by atoms with E-state index in [0.29, 0.717) is 5.82 Å². The highest BCUT2D eigenvalue weighted by Gasteiger charge is 2.25. The minimum atomic E-state index is 0. The van der Waals surface area contributed by atoms with E-state index in [0.717, 1.165) is 22.1 Å². The summed E-state index contributed by atoms with van der Waals surface area (Å²) in [5.74, 6) is 0.671. The van der Waals surface area contributed by atoms with Gasteiger partial charge in [0, 0.05) is 9.67 Å². The number of aromatic nitrogens is 9. The van der Waals surface area contributed by atoms with Crippen molar-refractivity contribution in [3.05, 3.63) is 77.6 Å². The van der Waals surface area contributed by atoms with Gasteiger partial charge in [-0.3, -0.25) is 0 Å². The fraction of sp³-hybridized carbons (Fsp3) is 0.105. The number of hydrogen-bond donors (Lipinski definition) is 1.